The number of rotatable bonds is 4. The van der Waals surface area contributed by atoms with Crippen LogP contribution < -0.4 is 5.32 Å². The van der Waals surface area contributed by atoms with Crippen LogP contribution in [0.15, 0.2) is 0 Å². The number of nitrogens with one attached hydrogen (secondary N) is 1. The van der Waals surface area contributed by atoms with Gasteiger partial charge in [0.25, 0.3) is 0 Å². The largest absolute Gasteiger partial charge is 0.353 e. The first kappa shape index (κ1) is 28.4. The van der Waals surface area contributed by atoms with Crippen LogP contribution in [0.25, 0.3) is 0 Å². The standard InChI is InChI=1S/C9H17NO.2C7H13NO.CH4/c1-8(2)9(11)10-6-4-3-5-7-10;1-6(2)7(9)8-4-3-5-8;1-5(2)7(9)8-6-3-4-6;/h8H,3-7H2,1-2H3;6H,3-5H2,1-2H3;5-6H,3-4H2,1-2H3,(H,8,9);1H4. The molecule has 3 amide bonds. The zero-order chi connectivity index (χ0) is 22.0. The summed E-state index contributed by atoms with van der Waals surface area (Å²) in [6.45, 7) is 15.6. The molecule has 0 unspecified atom stereocenters. The van der Waals surface area contributed by atoms with Crippen LogP contribution in [0, 0.1) is 17.8 Å². The molecule has 3 fully saturated rings. The summed E-state index contributed by atoms with van der Waals surface area (Å²) in [6.07, 6.45) is 7.23. The molecule has 1 N–H and O–H groups in total. The summed E-state index contributed by atoms with van der Waals surface area (Å²) in [7, 11) is 0. The third-order valence-electron chi connectivity index (χ3n) is 5.27. The van der Waals surface area contributed by atoms with Crippen molar-refractivity contribution >= 4 is 17.7 Å². The minimum atomic E-state index is 0. The van der Waals surface area contributed by atoms with Crippen molar-refractivity contribution in [3.63, 3.8) is 0 Å². The second-order valence-electron chi connectivity index (χ2n) is 9.31. The van der Waals surface area contributed by atoms with Crippen LogP contribution in [-0.2, 0) is 14.4 Å². The summed E-state index contributed by atoms with van der Waals surface area (Å²) in [5.74, 6) is 1.33. The van der Waals surface area contributed by atoms with E-state index in [1.807, 2.05) is 51.3 Å². The third-order valence-corrected chi connectivity index (χ3v) is 5.27. The zero-order valence-electron chi connectivity index (χ0n) is 19.5. The highest BCUT2D eigenvalue weighted by atomic mass is 16.2. The monoisotopic (exact) mass is 425 g/mol. The lowest BCUT2D eigenvalue weighted by Gasteiger charge is -2.32. The van der Waals surface area contributed by atoms with Crippen molar-refractivity contribution in [1.29, 1.82) is 0 Å². The number of likely N-dealkylation sites (tertiary alicyclic amines) is 2. The lowest BCUT2D eigenvalue weighted by atomic mass is 10.1. The number of hydrogen-bond donors (Lipinski definition) is 1. The average molecular weight is 426 g/mol. The van der Waals surface area contributed by atoms with Crippen molar-refractivity contribution in [2.45, 2.75) is 93.5 Å². The van der Waals surface area contributed by atoms with E-state index >= 15 is 0 Å². The third kappa shape index (κ3) is 11.0. The highest BCUT2D eigenvalue weighted by Gasteiger charge is 2.24. The van der Waals surface area contributed by atoms with Gasteiger partial charge in [0.05, 0.1) is 0 Å². The van der Waals surface area contributed by atoms with Gasteiger partial charge in [-0.25, -0.2) is 0 Å². The van der Waals surface area contributed by atoms with Crippen molar-refractivity contribution in [3.8, 4) is 0 Å². The van der Waals surface area contributed by atoms with E-state index in [1.165, 1.54) is 38.5 Å². The molecule has 1 aliphatic carbocycles. The molecule has 6 nitrogen and oxygen atoms in total. The summed E-state index contributed by atoms with van der Waals surface area (Å²) in [4.78, 5) is 37.3. The first-order valence-corrected chi connectivity index (χ1v) is 11.5. The molecule has 176 valence electrons. The van der Waals surface area contributed by atoms with Gasteiger partial charge in [-0.1, -0.05) is 49.0 Å². The molecule has 0 spiro atoms. The van der Waals surface area contributed by atoms with E-state index in [2.05, 4.69) is 5.32 Å². The van der Waals surface area contributed by atoms with E-state index in [9.17, 15) is 14.4 Å². The van der Waals surface area contributed by atoms with Gasteiger partial charge in [-0.3, -0.25) is 14.4 Å². The highest BCUT2D eigenvalue weighted by Crippen LogP contribution is 2.19. The SMILES string of the molecule is C.CC(C)C(=O)N1CCC1.CC(C)C(=O)N1CCCCC1.CC(C)C(=O)NC1CC1. The fraction of sp³-hybridized carbons (Fsp3) is 0.875. The maximum Gasteiger partial charge on any atom is 0.225 e. The molecule has 3 rings (SSSR count). The Morgan fingerprint density at radius 2 is 1.07 bits per heavy atom. The van der Waals surface area contributed by atoms with Crippen molar-refractivity contribution in [3.05, 3.63) is 0 Å². The first-order valence-electron chi connectivity index (χ1n) is 11.5. The Bertz CT molecular complexity index is 518. The quantitative estimate of drug-likeness (QED) is 0.738. The Balaban J connectivity index is 0.000000416. The fourth-order valence-corrected chi connectivity index (χ4v) is 2.98. The summed E-state index contributed by atoms with van der Waals surface area (Å²) in [5, 5.41) is 2.91. The molecule has 6 heteroatoms. The number of carbonyl (C=O) groups excluding carboxylic acids is 3. The fourth-order valence-electron chi connectivity index (χ4n) is 2.98. The van der Waals surface area contributed by atoms with Gasteiger partial charge in [0, 0.05) is 50.0 Å². The second-order valence-corrected chi connectivity index (χ2v) is 9.31. The predicted octanol–water partition coefficient (Wildman–Crippen LogP) is 4.09. The molecule has 0 atom stereocenters. The van der Waals surface area contributed by atoms with E-state index in [-0.39, 0.29) is 31.1 Å². The number of nitrogens with zero attached hydrogens (tertiary/aromatic N) is 2. The minimum absolute atomic E-state index is 0. The Hall–Kier alpha value is -1.59. The maximum absolute atomic E-state index is 11.4. The van der Waals surface area contributed by atoms with E-state index in [0.29, 0.717) is 17.9 Å². The Labute approximate surface area is 185 Å². The Morgan fingerprint density at radius 3 is 1.33 bits per heavy atom. The van der Waals surface area contributed by atoms with Gasteiger partial charge in [-0.2, -0.15) is 0 Å². The summed E-state index contributed by atoms with van der Waals surface area (Å²) < 4.78 is 0. The van der Waals surface area contributed by atoms with Gasteiger partial charge in [-0.15, -0.1) is 0 Å². The van der Waals surface area contributed by atoms with Crippen molar-refractivity contribution in [2.75, 3.05) is 26.2 Å². The zero-order valence-corrected chi connectivity index (χ0v) is 19.5. The maximum atomic E-state index is 11.4. The van der Waals surface area contributed by atoms with Crippen molar-refractivity contribution in [1.82, 2.24) is 15.1 Å². The molecule has 30 heavy (non-hydrogen) atoms. The van der Waals surface area contributed by atoms with Gasteiger partial charge in [0.1, 0.15) is 0 Å². The molecule has 0 aromatic rings. The molecule has 0 aromatic carbocycles. The number of amides is 3. The van der Waals surface area contributed by atoms with Crippen LogP contribution in [0.5, 0.6) is 0 Å². The lowest BCUT2D eigenvalue weighted by Crippen LogP contribution is -2.44. The molecular formula is C24H47N3O3. The van der Waals surface area contributed by atoms with Gasteiger partial charge >= 0.3 is 0 Å². The van der Waals surface area contributed by atoms with Crippen LogP contribution in [0.2, 0.25) is 0 Å². The number of hydrogen-bond acceptors (Lipinski definition) is 3. The molecule has 0 bridgehead atoms. The summed E-state index contributed by atoms with van der Waals surface area (Å²) in [6, 6.07) is 0.514. The molecule has 2 heterocycles. The van der Waals surface area contributed by atoms with Crippen LogP contribution in [0.3, 0.4) is 0 Å². The number of carbonyl (C=O) groups is 3. The average Bonchev–Trinajstić information content (AvgIpc) is 3.45. The highest BCUT2D eigenvalue weighted by molar-refractivity contribution is 5.79. The molecule has 1 saturated carbocycles. The molecule has 2 saturated heterocycles. The van der Waals surface area contributed by atoms with Crippen LogP contribution in [0.4, 0.5) is 0 Å². The first-order chi connectivity index (χ1) is 13.6. The molecule has 0 aromatic heterocycles. The number of piperidine rings is 1. The van der Waals surface area contributed by atoms with E-state index in [1.54, 1.807) is 0 Å². The van der Waals surface area contributed by atoms with Crippen molar-refractivity contribution in [2.24, 2.45) is 17.8 Å². The van der Waals surface area contributed by atoms with Crippen LogP contribution >= 0.6 is 0 Å². The van der Waals surface area contributed by atoms with Gasteiger partial charge in [0.15, 0.2) is 0 Å². The minimum Gasteiger partial charge on any atom is -0.353 e. The normalized spacial score (nSPS) is 17.8. The van der Waals surface area contributed by atoms with E-state index in [4.69, 9.17) is 0 Å². The van der Waals surface area contributed by atoms with Gasteiger partial charge in [0.2, 0.25) is 17.7 Å². The topological polar surface area (TPSA) is 69.7 Å². The summed E-state index contributed by atoms with van der Waals surface area (Å²) >= 11 is 0. The molecule has 3 aliphatic rings. The van der Waals surface area contributed by atoms with Crippen LogP contribution in [0.1, 0.15) is 87.5 Å². The smallest absolute Gasteiger partial charge is 0.225 e. The molecule has 2 aliphatic heterocycles. The van der Waals surface area contributed by atoms with Crippen LogP contribution in [-0.4, -0.2) is 59.7 Å². The second kappa shape index (κ2) is 14.4. The Morgan fingerprint density at radius 1 is 0.667 bits per heavy atom. The molecule has 0 radical (unpaired) electrons. The lowest BCUT2D eigenvalue weighted by molar-refractivity contribution is -0.138. The van der Waals surface area contributed by atoms with E-state index in [0.717, 1.165) is 26.2 Å². The summed E-state index contributed by atoms with van der Waals surface area (Å²) in [5.41, 5.74) is 0. The Kier molecular flexibility index (Phi) is 13.7. The van der Waals surface area contributed by atoms with E-state index < -0.39 is 0 Å². The molecular weight excluding hydrogens is 378 g/mol. The predicted molar refractivity (Wildman–Crippen MR) is 124 cm³/mol. The van der Waals surface area contributed by atoms with Gasteiger partial charge in [-0.05, 0) is 38.5 Å². The van der Waals surface area contributed by atoms with Crippen molar-refractivity contribution < 1.29 is 14.4 Å². The van der Waals surface area contributed by atoms with Gasteiger partial charge < -0.3 is 15.1 Å².